The van der Waals surface area contributed by atoms with Gasteiger partial charge in [0.15, 0.2) is 14.6 Å². The van der Waals surface area contributed by atoms with E-state index in [1.54, 1.807) is 12.1 Å². The van der Waals surface area contributed by atoms with E-state index in [-0.39, 0.29) is 17.3 Å². The monoisotopic (exact) mass is 542 g/mol. The summed E-state index contributed by atoms with van der Waals surface area (Å²) in [6.45, 7) is 12.2. The van der Waals surface area contributed by atoms with Crippen molar-refractivity contribution < 1.29 is 28.0 Å². The Morgan fingerprint density at radius 2 is 1.87 bits per heavy atom. The van der Waals surface area contributed by atoms with E-state index in [1.807, 2.05) is 12.1 Å². The predicted molar refractivity (Wildman–Crippen MR) is 148 cm³/mol. The molecule has 0 aliphatic carbocycles. The van der Waals surface area contributed by atoms with E-state index in [9.17, 15) is 14.3 Å². The fraction of sp³-hybridized carbons (Fsp3) is 0.517. The Hall–Kier alpha value is -2.91. The number of carboxylic acid groups (broad SMARTS) is 1. The molecule has 0 saturated carbocycles. The summed E-state index contributed by atoms with van der Waals surface area (Å²) in [5, 5.41) is 14.6. The topological polar surface area (TPSA) is 85.0 Å². The molecule has 3 aromatic rings. The molecule has 1 amide bonds. The van der Waals surface area contributed by atoms with Crippen molar-refractivity contribution in [2.24, 2.45) is 11.3 Å². The Labute approximate surface area is 225 Å². The molecule has 1 aliphatic rings. The van der Waals surface area contributed by atoms with Crippen molar-refractivity contribution in [1.29, 1.82) is 0 Å². The number of hydrogen-bond acceptors (Lipinski definition) is 5. The molecular formula is C29H39FN2O5Si. The lowest BCUT2D eigenvalue weighted by molar-refractivity contribution is 0.0831. The number of halogens is 1. The summed E-state index contributed by atoms with van der Waals surface area (Å²) >= 11 is 0. The first-order chi connectivity index (χ1) is 18.0. The standard InChI is InChI=1S/C29H39FN2O5Si/c1-29(2,3)27(37-38(4)5)25-24(35-18-20-6-9-21(30)10-7-20)13-11-22-23(31-36-26(22)25)12-8-19-14-16-32(17-15-19)28(33)34/h6-7,9-11,13,19,27,38H,8,12,14-18H2,1-5H3,(H,33,34). The second-order valence-corrected chi connectivity index (χ2v) is 14.0. The van der Waals surface area contributed by atoms with Crippen LogP contribution in [0.1, 0.15) is 63.0 Å². The number of carbonyl (C=O) groups is 1. The van der Waals surface area contributed by atoms with Crippen molar-refractivity contribution in [1.82, 2.24) is 10.1 Å². The quantitative estimate of drug-likeness (QED) is 0.294. The Morgan fingerprint density at radius 3 is 2.47 bits per heavy atom. The summed E-state index contributed by atoms with van der Waals surface area (Å²) in [4.78, 5) is 12.7. The van der Waals surface area contributed by atoms with Crippen LogP contribution in [0.4, 0.5) is 9.18 Å². The van der Waals surface area contributed by atoms with Crippen LogP contribution in [0, 0.1) is 17.2 Å². The van der Waals surface area contributed by atoms with Gasteiger partial charge < -0.3 is 23.7 Å². The molecule has 1 unspecified atom stereocenters. The Bertz CT molecular complexity index is 1230. The summed E-state index contributed by atoms with van der Waals surface area (Å²) in [5.74, 6) is 0.869. The fourth-order valence-corrected chi connectivity index (χ4v) is 6.17. The lowest BCUT2D eigenvalue weighted by Crippen LogP contribution is -2.37. The average molecular weight is 543 g/mol. The zero-order valence-corrected chi connectivity index (χ0v) is 24.2. The second kappa shape index (κ2) is 11.9. The Morgan fingerprint density at radius 1 is 1.18 bits per heavy atom. The van der Waals surface area contributed by atoms with Crippen LogP contribution < -0.4 is 4.74 Å². The molecule has 1 aliphatic heterocycles. The number of ether oxygens (including phenoxy) is 1. The van der Waals surface area contributed by atoms with Crippen LogP contribution in [0.2, 0.25) is 13.1 Å². The Kier molecular flexibility index (Phi) is 8.77. The highest BCUT2D eigenvalue weighted by atomic mass is 28.3. The summed E-state index contributed by atoms with van der Waals surface area (Å²) in [6, 6.07) is 10.3. The van der Waals surface area contributed by atoms with Crippen LogP contribution in [0.25, 0.3) is 11.0 Å². The number of aromatic nitrogens is 1. The molecule has 9 heteroatoms. The highest BCUT2D eigenvalue weighted by molar-refractivity contribution is 6.48. The maximum absolute atomic E-state index is 13.4. The van der Waals surface area contributed by atoms with E-state index in [2.05, 4.69) is 39.0 Å². The van der Waals surface area contributed by atoms with Crippen molar-refractivity contribution in [3.8, 4) is 5.75 Å². The van der Waals surface area contributed by atoms with Crippen LogP contribution in [-0.2, 0) is 17.5 Å². The van der Waals surface area contributed by atoms with Crippen LogP contribution >= 0.6 is 0 Å². The molecular weight excluding hydrogens is 503 g/mol. The summed E-state index contributed by atoms with van der Waals surface area (Å²) in [5.41, 5.74) is 3.11. The molecule has 1 aromatic heterocycles. The molecule has 0 bridgehead atoms. The van der Waals surface area contributed by atoms with Gasteiger partial charge in [0.1, 0.15) is 18.2 Å². The zero-order chi connectivity index (χ0) is 27.4. The van der Waals surface area contributed by atoms with Crippen LogP contribution in [0.3, 0.4) is 0 Å². The first kappa shape index (κ1) is 28.1. The minimum Gasteiger partial charge on any atom is -0.488 e. The number of aryl methyl sites for hydroxylation is 1. The van der Waals surface area contributed by atoms with Gasteiger partial charge in [-0.1, -0.05) is 38.1 Å². The third kappa shape index (κ3) is 6.74. The van der Waals surface area contributed by atoms with Crippen LogP contribution in [0.5, 0.6) is 5.75 Å². The maximum atomic E-state index is 13.4. The average Bonchev–Trinajstić information content (AvgIpc) is 3.28. The van der Waals surface area contributed by atoms with Gasteiger partial charge in [-0.05, 0) is 79.9 Å². The molecule has 1 atom stereocenters. The minimum atomic E-state index is -1.43. The van der Waals surface area contributed by atoms with E-state index in [0.29, 0.717) is 36.9 Å². The number of piperidine rings is 1. The molecule has 2 aromatic carbocycles. The number of amides is 1. The molecule has 38 heavy (non-hydrogen) atoms. The Balaban J connectivity index is 1.62. The number of rotatable bonds is 9. The molecule has 2 heterocycles. The third-order valence-electron chi connectivity index (χ3n) is 7.15. The number of nitrogens with zero attached hydrogens (tertiary/aromatic N) is 2. The van der Waals surface area contributed by atoms with Gasteiger partial charge in [-0.25, -0.2) is 9.18 Å². The van der Waals surface area contributed by atoms with Crippen molar-refractivity contribution >= 4 is 26.1 Å². The summed E-state index contributed by atoms with van der Waals surface area (Å²) < 4.78 is 32.3. The van der Waals surface area contributed by atoms with Crippen molar-refractivity contribution in [2.45, 2.75) is 72.3 Å². The van der Waals surface area contributed by atoms with Crippen molar-refractivity contribution in [2.75, 3.05) is 13.1 Å². The zero-order valence-electron chi connectivity index (χ0n) is 23.0. The molecule has 1 fully saturated rings. The van der Waals surface area contributed by atoms with Gasteiger partial charge in [-0.3, -0.25) is 0 Å². The van der Waals surface area contributed by atoms with Gasteiger partial charge in [0, 0.05) is 18.5 Å². The first-order valence-corrected chi connectivity index (χ1v) is 16.2. The van der Waals surface area contributed by atoms with E-state index in [1.165, 1.54) is 17.0 Å². The molecule has 1 N–H and O–H groups in total. The van der Waals surface area contributed by atoms with E-state index in [0.717, 1.165) is 47.9 Å². The van der Waals surface area contributed by atoms with Crippen LogP contribution in [0.15, 0.2) is 40.9 Å². The molecule has 4 rings (SSSR count). The molecule has 0 spiro atoms. The van der Waals surface area contributed by atoms with Crippen molar-refractivity contribution in [3.63, 3.8) is 0 Å². The van der Waals surface area contributed by atoms with Gasteiger partial charge >= 0.3 is 6.09 Å². The number of hydrogen-bond donors (Lipinski definition) is 1. The van der Waals surface area contributed by atoms with Crippen molar-refractivity contribution in [3.05, 3.63) is 59.0 Å². The number of likely N-dealkylation sites (tertiary alicyclic amines) is 1. The van der Waals surface area contributed by atoms with Gasteiger partial charge in [-0.2, -0.15) is 0 Å². The largest absolute Gasteiger partial charge is 0.488 e. The minimum absolute atomic E-state index is 0.218. The molecule has 1 saturated heterocycles. The van der Waals surface area contributed by atoms with Gasteiger partial charge in [0.25, 0.3) is 0 Å². The summed E-state index contributed by atoms with van der Waals surface area (Å²) in [7, 11) is -1.43. The van der Waals surface area contributed by atoms with Gasteiger partial charge in [0.2, 0.25) is 0 Å². The van der Waals surface area contributed by atoms with Gasteiger partial charge in [0.05, 0.1) is 17.4 Å². The normalized spacial score (nSPS) is 15.8. The predicted octanol–water partition coefficient (Wildman–Crippen LogP) is 6.96. The highest BCUT2D eigenvalue weighted by Crippen LogP contribution is 2.45. The smallest absolute Gasteiger partial charge is 0.407 e. The second-order valence-electron chi connectivity index (χ2n) is 11.6. The summed E-state index contributed by atoms with van der Waals surface area (Å²) in [6.07, 6.45) is 2.35. The van der Waals surface area contributed by atoms with Crippen LogP contribution in [-0.4, -0.2) is 43.4 Å². The molecule has 206 valence electrons. The molecule has 7 nitrogen and oxygen atoms in total. The first-order valence-electron chi connectivity index (χ1n) is 13.4. The van der Waals surface area contributed by atoms with E-state index < -0.39 is 15.1 Å². The number of fused-ring (bicyclic) bond motifs is 1. The third-order valence-corrected chi connectivity index (χ3v) is 7.97. The van der Waals surface area contributed by atoms with Gasteiger partial charge in [-0.15, -0.1) is 0 Å². The lowest BCUT2D eigenvalue weighted by Gasteiger charge is -2.33. The molecule has 0 radical (unpaired) electrons. The SMILES string of the molecule is C[SiH](C)OC(c1c(OCc2ccc(F)cc2)ccc2c(CCC3CCN(C(=O)O)CC3)noc12)C(C)(C)C. The van der Waals surface area contributed by atoms with E-state index >= 15 is 0 Å². The van der Waals surface area contributed by atoms with E-state index in [4.69, 9.17) is 13.7 Å². The lowest BCUT2D eigenvalue weighted by atomic mass is 9.83. The maximum Gasteiger partial charge on any atom is 0.407 e. The fourth-order valence-electron chi connectivity index (χ4n) is 5.08. The highest BCUT2D eigenvalue weighted by Gasteiger charge is 2.34. The number of benzene rings is 2.